The number of nitrogens with zero attached hydrogens (tertiary/aromatic N) is 5. The molecule has 1 atom stereocenters. The van der Waals surface area contributed by atoms with Crippen molar-refractivity contribution in [2.45, 2.75) is 32.0 Å². The van der Waals surface area contributed by atoms with Crippen molar-refractivity contribution < 1.29 is 0 Å². The van der Waals surface area contributed by atoms with Crippen LogP contribution in [0.1, 0.15) is 18.7 Å². The number of likely N-dealkylation sites (tertiary alicyclic amines) is 1. The number of aromatic amines is 1. The fourth-order valence-electron chi connectivity index (χ4n) is 4.03. The molecule has 0 spiro atoms. The molecule has 1 saturated heterocycles. The standard InChI is InChI=1S/C22H22N6O/c29-22-10-9-18(16-5-3-11-23-13-16)26-28(22)14-17-6-4-12-27(17)15-21-24-19-7-1-2-8-20(19)25-21/h1-3,5,7-11,13,17H,4,6,12,14-15H2,(H,24,25). The lowest BCUT2D eigenvalue weighted by molar-refractivity contribution is 0.213. The van der Waals surface area contributed by atoms with Gasteiger partial charge in [-0.3, -0.25) is 14.7 Å². The van der Waals surface area contributed by atoms with E-state index in [0.717, 1.165) is 54.0 Å². The monoisotopic (exact) mass is 386 g/mol. The van der Waals surface area contributed by atoms with Gasteiger partial charge in [-0.15, -0.1) is 0 Å². The van der Waals surface area contributed by atoms with Crippen molar-refractivity contribution in [3.63, 3.8) is 0 Å². The van der Waals surface area contributed by atoms with E-state index in [2.05, 4.69) is 20.0 Å². The summed E-state index contributed by atoms with van der Waals surface area (Å²) >= 11 is 0. The maximum absolute atomic E-state index is 12.4. The first-order valence-electron chi connectivity index (χ1n) is 9.92. The average molecular weight is 386 g/mol. The van der Waals surface area contributed by atoms with Crippen LogP contribution in [0.15, 0.2) is 65.7 Å². The Morgan fingerprint density at radius 3 is 2.90 bits per heavy atom. The highest BCUT2D eigenvalue weighted by molar-refractivity contribution is 5.74. The smallest absolute Gasteiger partial charge is 0.266 e. The summed E-state index contributed by atoms with van der Waals surface area (Å²) in [4.78, 5) is 27.1. The van der Waals surface area contributed by atoms with Gasteiger partial charge >= 0.3 is 0 Å². The summed E-state index contributed by atoms with van der Waals surface area (Å²) < 4.78 is 1.59. The van der Waals surface area contributed by atoms with Crippen molar-refractivity contribution in [2.75, 3.05) is 6.54 Å². The molecule has 1 aliphatic heterocycles. The molecule has 0 amide bonds. The Bertz CT molecular complexity index is 1150. The number of para-hydroxylation sites is 2. The molecule has 146 valence electrons. The second-order valence-electron chi connectivity index (χ2n) is 7.45. The third-order valence-corrected chi connectivity index (χ3v) is 5.50. The van der Waals surface area contributed by atoms with Crippen molar-refractivity contribution in [3.05, 3.63) is 77.1 Å². The van der Waals surface area contributed by atoms with E-state index in [4.69, 9.17) is 4.98 Å². The van der Waals surface area contributed by atoms with Crippen LogP contribution in [0.5, 0.6) is 0 Å². The number of nitrogens with one attached hydrogen (secondary N) is 1. The third kappa shape index (κ3) is 3.69. The second kappa shape index (κ2) is 7.60. The number of imidazole rings is 1. The maximum Gasteiger partial charge on any atom is 0.266 e. The predicted molar refractivity (Wildman–Crippen MR) is 111 cm³/mol. The van der Waals surface area contributed by atoms with E-state index in [1.165, 1.54) is 0 Å². The average Bonchev–Trinajstić information content (AvgIpc) is 3.36. The lowest BCUT2D eigenvalue weighted by Gasteiger charge is -2.23. The highest BCUT2D eigenvalue weighted by atomic mass is 16.1. The molecule has 7 heteroatoms. The Labute approximate surface area is 168 Å². The molecule has 0 saturated carbocycles. The molecule has 5 rings (SSSR count). The Morgan fingerprint density at radius 2 is 2.03 bits per heavy atom. The number of H-pyrrole nitrogens is 1. The first-order chi connectivity index (χ1) is 14.3. The Balaban J connectivity index is 1.36. The van der Waals surface area contributed by atoms with Crippen molar-refractivity contribution in [2.24, 2.45) is 0 Å². The molecule has 7 nitrogen and oxygen atoms in total. The molecule has 0 aliphatic carbocycles. The number of hydrogen-bond donors (Lipinski definition) is 1. The minimum Gasteiger partial charge on any atom is -0.341 e. The molecule has 1 aliphatic rings. The molecule has 1 N–H and O–H groups in total. The van der Waals surface area contributed by atoms with Crippen LogP contribution in [0.4, 0.5) is 0 Å². The van der Waals surface area contributed by atoms with Crippen LogP contribution in [0.25, 0.3) is 22.3 Å². The highest BCUT2D eigenvalue weighted by Crippen LogP contribution is 2.22. The van der Waals surface area contributed by atoms with Crippen molar-refractivity contribution in [1.29, 1.82) is 0 Å². The number of fused-ring (bicyclic) bond motifs is 1. The van der Waals surface area contributed by atoms with Crippen molar-refractivity contribution >= 4 is 11.0 Å². The minimum absolute atomic E-state index is 0.0757. The maximum atomic E-state index is 12.4. The van der Waals surface area contributed by atoms with Gasteiger partial charge in [-0.05, 0) is 49.7 Å². The lowest BCUT2D eigenvalue weighted by Crippen LogP contribution is -2.36. The van der Waals surface area contributed by atoms with E-state index >= 15 is 0 Å². The summed E-state index contributed by atoms with van der Waals surface area (Å²) in [6.07, 6.45) is 5.65. The highest BCUT2D eigenvalue weighted by Gasteiger charge is 2.26. The van der Waals surface area contributed by atoms with Crippen LogP contribution in [0.2, 0.25) is 0 Å². The number of pyridine rings is 1. The minimum atomic E-state index is -0.0757. The molecular weight excluding hydrogens is 364 g/mol. The third-order valence-electron chi connectivity index (χ3n) is 5.50. The quantitative estimate of drug-likeness (QED) is 0.571. The van der Waals surface area contributed by atoms with E-state index < -0.39 is 0 Å². The summed E-state index contributed by atoms with van der Waals surface area (Å²) in [5.41, 5.74) is 3.64. The Morgan fingerprint density at radius 1 is 1.10 bits per heavy atom. The van der Waals surface area contributed by atoms with Gasteiger partial charge in [0.1, 0.15) is 5.82 Å². The van der Waals surface area contributed by atoms with Gasteiger partial charge in [-0.2, -0.15) is 5.10 Å². The number of hydrogen-bond acceptors (Lipinski definition) is 5. The van der Waals surface area contributed by atoms with Crippen molar-refractivity contribution in [3.8, 4) is 11.3 Å². The van der Waals surface area contributed by atoms with Gasteiger partial charge in [0.25, 0.3) is 5.56 Å². The summed E-state index contributed by atoms with van der Waals surface area (Å²) in [6.45, 7) is 2.32. The topological polar surface area (TPSA) is 79.7 Å². The zero-order valence-electron chi connectivity index (χ0n) is 16.0. The van der Waals surface area contributed by atoms with Crippen LogP contribution in [-0.4, -0.2) is 42.2 Å². The zero-order chi connectivity index (χ0) is 19.6. The van der Waals surface area contributed by atoms with Gasteiger partial charge in [0, 0.05) is 30.1 Å². The van der Waals surface area contributed by atoms with Gasteiger partial charge in [0.2, 0.25) is 0 Å². The summed E-state index contributed by atoms with van der Waals surface area (Å²) in [6, 6.07) is 15.5. The van der Waals surface area contributed by atoms with Crippen LogP contribution in [0, 0.1) is 0 Å². The SMILES string of the molecule is O=c1ccc(-c2cccnc2)nn1CC1CCCN1Cc1nc2ccccc2[nH]1. The summed E-state index contributed by atoms with van der Waals surface area (Å²) in [7, 11) is 0. The van der Waals surface area contributed by atoms with E-state index in [0.29, 0.717) is 6.54 Å². The zero-order valence-corrected chi connectivity index (χ0v) is 16.0. The normalized spacial score (nSPS) is 17.2. The molecule has 1 unspecified atom stereocenters. The van der Waals surface area contributed by atoms with Crippen LogP contribution < -0.4 is 5.56 Å². The van der Waals surface area contributed by atoms with Crippen LogP contribution in [0.3, 0.4) is 0 Å². The van der Waals surface area contributed by atoms with Gasteiger partial charge in [0.15, 0.2) is 0 Å². The molecule has 29 heavy (non-hydrogen) atoms. The molecule has 1 aromatic carbocycles. The number of rotatable bonds is 5. The van der Waals surface area contributed by atoms with Gasteiger partial charge in [-0.1, -0.05) is 12.1 Å². The molecular formula is C22H22N6O. The Hall–Kier alpha value is -3.32. The van der Waals surface area contributed by atoms with Gasteiger partial charge in [0.05, 0.1) is 29.8 Å². The Kier molecular flexibility index (Phi) is 4.65. The van der Waals surface area contributed by atoms with Crippen LogP contribution >= 0.6 is 0 Å². The summed E-state index contributed by atoms with van der Waals surface area (Å²) in [5, 5.41) is 4.60. The van der Waals surface area contributed by atoms with E-state index in [1.54, 1.807) is 29.2 Å². The van der Waals surface area contributed by atoms with E-state index in [-0.39, 0.29) is 11.6 Å². The molecule has 4 heterocycles. The second-order valence-corrected chi connectivity index (χ2v) is 7.45. The molecule has 0 radical (unpaired) electrons. The predicted octanol–water partition coefficient (Wildman–Crippen LogP) is 2.85. The molecule has 4 aromatic rings. The fourth-order valence-corrected chi connectivity index (χ4v) is 4.03. The van der Waals surface area contributed by atoms with E-state index in [9.17, 15) is 4.79 Å². The van der Waals surface area contributed by atoms with Crippen molar-refractivity contribution in [1.82, 2.24) is 29.6 Å². The lowest BCUT2D eigenvalue weighted by atomic mass is 10.2. The number of benzene rings is 1. The first-order valence-corrected chi connectivity index (χ1v) is 9.92. The molecule has 1 fully saturated rings. The largest absolute Gasteiger partial charge is 0.341 e. The van der Waals surface area contributed by atoms with Crippen LogP contribution in [-0.2, 0) is 13.1 Å². The number of aromatic nitrogens is 5. The molecule has 3 aromatic heterocycles. The first kappa shape index (κ1) is 17.8. The van der Waals surface area contributed by atoms with Gasteiger partial charge in [-0.25, -0.2) is 9.67 Å². The summed E-state index contributed by atoms with van der Waals surface area (Å²) in [5.74, 6) is 0.961. The molecule has 0 bridgehead atoms. The fraction of sp³-hybridized carbons (Fsp3) is 0.273. The van der Waals surface area contributed by atoms with Gasteiger partial charge < -0.3 is 4.98 Å². The van der Waals surface area contributed by atoms with E-state index in [1.807, 2.05) is 36.4 Å².